The van der Waals surface area contributed by atoms with E-state index in [0.29, 0.717) is 17.0 Å². The molecule has 0 saturated heterocycles. The number of hydrogen-bond acceptors (Lipinski definition) is 4. The van der Waals surface area contributed by atoms with Crippen LogP contribution in [0.1, 0.15) is 5.56 Å². The zero-order valence-corrected chi connectivity index (χ0v) is 14.7. The number of aromatic nitrogens is 2. The zero-order chi connectivity index (χ0) is 17.3. The largest absolute Gasteiger partial charge is 0.497 e. The first-order valence-electron chi connectivity index (χ1n) is 7.21. The zero-order valence-electron chi connectivity index (χ0n) is 13.1. The maximum absolute atomic E-state index is 14.0. The maximum Gasteiger partial charge on any atom is 0.261 e. The third-order valence-electron chi connectivity index (χ3n) is 3.69. The molecule has 24 heavy (non-hydrogen) atoms. The minimum atomic E-state index is -0.529. The number of fused-ring (bicyclic) bond motifs is 1. The Morgan fingerprint density at radius 2 is 1.96 bits per heavy atom. The maximum atomic E-state index is 14.0. The van der Waals surface area contributed by atoms with E-state index >= 15 is 0 Å². The molecule has 0 atom stereocenters. The molecule has 0 spiro atoms. The molecule has 0 amide bonds. The van der Waals surface area contributed by atoms with Gasteiger partial charge in [-0.25, -0.2) is 9.37 Å². The molecule has 124 valence electrons. The molecule has 0 bridgehead atoms. The SMILES string of the molecule is COc1ccc(CN(C)c2nc3c(F)ccc(Br)c3c(=O)[nH]2)cc1. The third-order valence-corrected chi connectivity index (χ3v) is 4.35. The van der Waals surface area contributed by atoms with E-state index in [1.54, 1.807) is 19.1 Å². The first-order valence-corrected chi connectivity index (χ1v) is 8.01. The molecule has 1 heterocycles. The fraction of sp³-hybridized carbons (Fsp3) is 0.176. The number of benzene rings is 2. The van der Waals surface area contributed by atoms with E-state index in [1.807, 2.05) is 24.3 Å². The summed E-state index contributed by atoms with van der Waals surface area (Å²) in [5.41, 5.74) is 0.670. The Morgan fingerprint density at radius 1 is 1.25 bits per heavy atom. The van der Waals surface area contributed by atoms with E-state index in [1.165, 1.54) is 12.1 Å². The van der Waals surface area contributed by atoms with Crippen molar-refractivity contribution >= 4 is 32.8 Å². The number of nitrogens with zero attached hydrogens (tertiary/aromatic N) is 2. The van der Waals surface area contributed by atoms with Crippen molar-refractivity contribution in [1.29, 1.82) is 0 Å². The average Bonchev–Trinajstić information content (AvgIpc) is 2.58. The van der Waals surface area contributed by atoms with Crippen LogP contribution in [-0.2, 0) is 6.54 Å². The lowest BCUT2D eigenvalue weighted by molar-refractivity contribution is 0.414. The smallest absolute Gasteiger partial charge is 0.261 e. The van der Waals surface area contributed by atoms with Crippen LogP contribution in [0.2, 0.25) is 0 Å². The molecule has 0 aliphatic rings. The lowest BCUT2D eigenvalue weighted by Crippen LogP contribution is -2.23. The van der Waals surface area contributed by atoms with Crippen molar-refractivity contribution in [2.75, 3.05) is 19.1 Å². The van der Waals surface area contributed by atoms with Crippen molar-refractivity contribution in [2.45, 2.75) is 6.54 Å². The molecule has 0 aliphatic heterocycles. The summed E-state index contributed by atoms with van der Waals surface area (Å²) in [4.78, 5) is 21.0. The summed E-state index contributed by atoms with van der Waals surface area (Å²) < 4.78 is 19.7. The molecule has 1 aromatic heterocycles. The predicted molar refractivity (Wildman–Crippen MR) is 95.1 cm³/mol. The van der Waals surface area contributed by atoms with Crippen molar-refractivity contribution in [1.82, 2.24) is 9.97 Å². The minimum absolute atomic E-state index is 0.0460. The van der Waals surface area contributed by atoms with Gasteiger partial charge in [0, 0.05) is 18.1 Å². The van der Waals surface area contributed by atoms with Gasteiger partial charge in [0.2, 0.25) is 5.95 Å². The second-order valence-electron chi connectivity index (χ2n) is 5.35. The van der Waals surface area contributed by atoms with Crippen molar-refractivity contribution in [3.05, 3.63) is 62.6 Å². The van der Waals surface area contributed by atoms with E-state index in [0.717, 1.165) is 11.3 Å². The highest BCUT2D eigenvalue weighted by Crippen LogP contribution is 2.23. The number of rotatable bonds is 4. The van der Waals surface area contributed by atoms with Crippen LogP contribution in [0.4, 0.5) is 10.3 Å². The summed E-state index contributed by atoms with van der Waals surface area (Å²) in [7, 11) is 3.39. The molecule has 0 radical (unpaired) electrons. The number of halogens is 2. The van der Waals surface area contributed by atoms with Gasteiger partial charge in [-0.2, -0.15) is 0 Å². The fourth-order valence-corrected chi connectivity index (χ4v) is 2.92. The Labute approximate surface area is 146 Å². The highest BCUT2D eigenvalue weighted by atomic mass is 79.9. The van der Waals surface area contributed by atoms with Gasteiger partial charge >= 0.3 is 0 Å². The molecule has 3 aromatic rings. The number of methoxy groups -OCH3 is 1. The standard InChI is InChI=1S/C17H15BrFN3O2/c1-22(9-10-3-5-11(24-2)6-4-10)17-20-15-13(19)8-7-12(18)14(15)16(23)21-17/h3-8H,9H2,1-2H3,(H,20,21,23). The molecule has 0 unspecified atom stereocenters. The average molecular weight is 392 g/mol. The van der Waals surface area contributed by atoms with Crippen molar-refractivity contribution in [3.8, 4) is 5.75 Å². The molecule has 5 nitrogen and oxygen atoms in total. The van der Waals surface area contributed by atoms with E-state index in [9.17, 15) is 9.18 Å². The fourth-order valence-electron chi connectivity index (χ4n) is 2.42. The monoisotopic (exact) mass is 391 g/mol. The normalized spacial score (nSPS) is 10.8. The molecule has 0 fully saturated rings. The number of H-pyrrole nitrogens is 1. The van der Waals surface area contributed by atoms with E-state index in [-0.39, 0.29) is 16.5 Å². The first-order chi connectivity index (χ1) is 11.5. The second-order valence-corrected chi connectivity index (χ2v) is 6.20. The molecular weight excluding hydrogens is 377 g/mol. The van der Waals surface area contributed by atoms with Gasteiger partial charge in [0.15, 0.2) is 0 Å². The summed E-state index contributed by atoms with van der Waals surface area (Å²) in [6.45, 7) is 0.508. The van der Waals surface area contributed by atoms with Crippen molar-refractivity contribution in [3.63, 3.8) is 0 Å². The predicted octanol–water partition coefficient (Wildman–Crippen LogP) is 3.47. The summed E-state index contributed by atoms with van der Waals surface area (Å²) in [6, 6.07) is 10.3. The van der Waals surface area contributed by atoms with Gasteiger partial charge in [-0.3, -0.25) is 9.78 Å². The Balaban J connectivity index is 1.96. The quantitative estimate of drug-likeness (QED) is 0.739. The molecular formula is C17H15BrFN3O2. The van der Waals surface area contributed by atoms with E-state index < -0.39 is 5.82 Å². The number of nitrogens with one attached hydrogen (secondary N) is 1. The van der Waals surface area contributed by atoms with Crippen molar-refractivity contribution < 1.29 is 9.13 Å². The third kappa shape index (κ3) is 3.12. The Bertz CT molecular complexity index is 941. The van der Waals surface area contributed by atoms with Gasteiger partial charge < -0.3 is 9.64 Å². The minimum Gasteiger partial charge on any atom is -0.497 e. The summed E-state index contributed by atoms with van der Waals surface area (Å²) in [5, 5.41) is 0.205. The van der Waals surface area contributed by atoms with Crippen LogP contribution in [0, 0.1) is 5.82 Å². The summed E-state index contributed by atoms with van der Waals surface area (Å²) in [5.74, 6) is 0.546. The van der Waals surface area contributed by atoms with Gasteiger partial charge in [-0.05, 0) is 45.8 Å². The topological polar surface area (TPSA) is 58.2 Å². The lowest BCUT2D eigenvalue weighted by Gasteiger charge is -2.18. The second kappa shape index (κ2) is 6.60. The van der Waals surface area contributed by atoms with Crippen LogP contribution in [0.15, 0.2) is 45.7 Å². The Morgan fingerprint density at radius 3 is 2.62 bits per heavy atom. The molecule has 0 aliphatic carbocycles. The van der Waals surface area contributed by atoms with Crippen LogP contribution < -0.4 is 15.2 Å². The number of aromatic amines is 1. The van der Waals surface area contributed by atoms with Gasteiger partial charge in [0.1, 0.15) is 17.1 Å². The first kappa shape index (κ1) is 16.4. The lowest BCUT2D eigenvalue weighted by atomic mass is 10.2. The highest BCUT2D eigenvalue weighted by Gasteiger charge is 2.14. The van der Waals surface area contributed by atoms with Crippen LogP contribution in [0.3, 0.4) is 0 Å². The van der Waals surface area contributed by atoms with E-state index in [4.69, 9.17) is 4.74 Å². The van der Waals surface area contributed by atoms with Crippen LogP contribution in [0.25, 0.3) is 10.9 Å². The molecule has 1 N–H and O–H groups in total. The van der Waals surface area contributed by atoms with Gasteiger partial charge in [-0.1, -0.05) is 12.1 Å². The molecule has 7 heteroatoms. The number of hydrogen-bond donors (Lipinski definition) is 1. The molecule has 2 aromatic carbocycles. The Kier molecular flexibility index (Phi) is 4.53. The Hall–Kier alpha value is -2.41. The summed E-state index contributed by atoms with van der Waals surface area (Å²) in [6.07, 6.45) is 0. The highest BCUT2D eigenvalue weighted by molar-refractivity contribution is 9.10. The summed E-state index contributed by atoms with van der Waals surface area (Å²) >= 11 is 3.26. The van der Waals surface area contributed by atoms with Crippen LogP contribution in [-0.4, -0.2) is 24.1 Å². The molecule has 3 rings (SSSR count). The van der Waals surface area contributed by atoms with Gasteiger partial charge in [0.25, 0.3) is 5.56 Å². The van der Waals surface area contributed by atoms with Crippen LogP contribution >= 0.6 is 15.9 Å². The number of ether oxygens (including phenoxy) is 1. The van der Waals surface area contributed by atoms with Gasteiger partial charge in [-0.15, -0.1) is 0 Å². The number of anilines is 1. The molecule has 0 saturated carbocycles. The van der Waals surface area contributed by atoms with Crippen molar-refractivity contribution in [2.24, 2.45) is 0 Å². The van der Waals surface area contributed by atoms with Gasteiger partial charge in [0.05, 0.1) is 12.5 Å². The van der Waals surface area contributed by atoms with Crippen LogP contribution in [0.5, 0.6) is 5.75 Å². The van der Waals surface area contributed by atoms with E-state index in [2.05, 4.69) is 25.9 Å².